The van der Waals surface area contributed by atoms with E-state index < -0.39 is 23.9 Å². The second-order valence-electron chi connectivity index (χ2n) is 8.29. The molecule has 1 heterocycles. The number of benzene rings is 1. The third-order valence-corrected chi connectivity index (χ3v) is 5.61. The van der Waals surface area contributed by atoms with Gasteiger partial charge in [0.05, 0.1) is 25.2 Å². The zero-order chi connectivity index (χ0) is 25.1. The lowest BCUT2D eigenvalue weighted by atomic mass is 10.1. The first-order valence-corrected chi connectivity index (χ1v) is 11.0. The summed E-state index contributed by atoms with van der Waals surface area (Å²) in [5.74, 6) is -3.95. The summed E-state index contributed by atoms with van der Waals surface area (Å²) in [6.45, 7) is 3.22. The number of carboxylic acids is 4. The van der Waals surface area contributed by atoms with Crippen LogP contribution in [0.15, 0.2) is 24.3 Å². The fourth-order valence-electron chi connectivity index (χ4n) is 3.80. The Labute approximate surface area is 197 Å². The second kappa shape index (κ2) is 13.6. The monoisotopic (exact) mass is 480 g/mol. The third-order valence-electron chi connectivity index (χ3n) is 5.61. The molecule has 34 heavy (non-hydrogen) atoms. The summed E-state index contributed by atoms with van der Waals surface area (Å²) in [7, 11) is 0. The Kier molecular flexibility index (Phi) is 10.9. The average Bonchev–Trinajstić information content (AvgIpc) is 2.74. The van der Waals surface area contributed by atoms with Gasteiger partial charge in [-0.2, -0.15) is 0 Å². The molecule has 1 aromatic carbocycles. The van der Waals surface area contributed by atoms with Gasteiger partial charge in [0.15, 0.2) is 0 Å². The van der Waals surface area contributed by atoms with Crippen molar-refractivity contribution < 1.29 is 39.6 Å². The van der Waals surface area contributed by atoms with Crippen LogP contribution in [0.2, 0.25) is 0 Å². The van der Waals surface area contributed by atoms with Crippen LogP contribution in [0.4, 0.5) is 0 Å². The molecule has 1 aromatic rings. The molecule has 0 aliphatic carbocycles. The Morgan fingerprint density at radius 1 is 0.559 bits per heavy atom. The van der Waals surface area contributed by atoms with E-state index in [1.165, 1.54) is 12.1 Å². The van der Waals surface area contributed by atoms with Gasteiger partial charge in [-0.15, -0.1) is 0 Å². The molecule has 12 nitrogen and oxygen atoms in total. The van der Waals surface area contributed by atoms with Crippen molar-refractivity contribution in [1.29, 1.82) is 0 Å². The number of aliphatic carboxylic acids is 3. The fraction of sp³-hybridized carbons (Fsp3) is 0.545. The lowest BCUT2D eigenvalue weighted by Gasteiger charge is -2.33. The molecular formula is C22H32N4O8. The molecule has 0 aromatic heterocycles. The maximum absolute atomic E-state index is 11.3. The zero-order valence-corrected chi connectivity index (χ0v) is 19.0. The van der Waals surface area contributed by atoms with Gasteiger partial charge in [-0.05, 0) is 17.7 Å². The molecular weight excluding hydrogens is 448 g/mol. The Balaban J connectivity index is 2.17. The smallest absolute Gasteiger partial charge is 0.335 e. The highest BCUT2D eigenvalue weighted by atomic mass is 16.4. The van der Waals surface area contributed by atoms with Crippen LogP contribution in [0.1, 0.15) is 15.9 Å². The molecule has 0 atom stereocenters. The zero-order valence-electron chi connectivity index (χ0n) is 19.0. The Hall–Kier alpha value is -3.06. The van der Waals surface area contributed by atoms with Crippen molar-refractivity contribution in [2.75, 3.05) is 72.0 Å². The van der Waals surface area contributed by atoms with Crippen molar-refractivity contribution in [2.24, 2.45) is 0 Å². The first-order chi connectivity index (χ1) is 16.1. The van der Waals surface area contributed by atoms with Crippen LogP contribution >= 0.6 is 0 Å². The van der Waals surface area contributed by atoms with E-state index in [1.54, 1.807) is 26.8 Å². The van der Waals surface area contributed by atoms with E-state index in [1.807, 2.05) is 0 Å². The number of aromatic carboxylic acids is 1. The lowest BCUT2D eigenvalue weighted by molar-refractivity contribution is -0.140. The van der Waals surface area contributed by atoms with Gasteiger partial charge in [0.2, 0.25) is 0 Å². The van der Waals surface area contributed by atoms with Crippen molar-refractivity contribution in [3.63, 3.8) is 0 Å². The van der Waals surface area contributed by atoms with Crippen molar-refractivity contribution in [3.8, 4) is 0 Å². The Morgan fingerprint density at radius 2 is 0.882 bits per heavy atom. The van der Waals surface area contributed by atoms with Gasteiger partial charge >= 0.3 is 23.9 Å². The van der Waals surface area contributed by atoms with Crippen LogP contribution in [-0.2, 0) is 20.9 Å². The summed E-state index contributed by atoms with van der Waals surface area (Å²) < 4.78 is 0. The molecule has 0 spiro atoms. The maximum atomic E-state index is 11.3. The van der Waals surface area contributed by atoms with E-state index >= 15 is 0 Å². The molecule has 0 saturated carbocycles. The van der Waals surface area contributed by atoms with E-state index in [-0.39, 0.29) is 25.2 Å². The number of carbonyl (C=O) groups is 4. The molecule has 0 amide bonds. The van der Waals surface area contributed by atoms with Crippen molar-refractivity contribution in [2.45, 2.75) is 6.54 Å². The first kappa shape index (κ1) is 27.2. The standard InChI is InChI=1S/C22H32N4O8/c27-19(28)14-24-7-5-23(13-17-1-3-18(4-2-17)22(33)34)6-8-25(15-20(29)30)10-12-26(11-9-24)16-21(31)32/h1-4H,5-16H2,(H,27,28)(H,29,30)(H,31,32)(H,33,34). The van der Waals surface area contributed by atoms with E-state index in [2.05, 4.69) is 4.90 Å². The number of hydrogen-bond acceptors (Lipinski definition) is 8. The summed E-state index contributed by atoms with van der Waals surface area (Å²) in [5.41, 5.74) is 1.07. The van der Waals surface area contributed by atoms with Crippen LogP contribution in [0.25, 0.3) is 0 Å². The van der Waals surface area contributed by atoms with Gasteiger partial charge in [0.1, 0.15) is 0 Å². The van der Waals surface area contributed by atoms with Gasteiger partial charge in [-0.1, -0.05) is 12.1 Å². The Bertz CT molecular complexity index is 816. The predicted octanol–water partition coefficient (Wildman–Crippen LogP) is -0.640. The van der Waals surface area contributed by atoms with Gasteiger partial charge < -0.3 is 20.4 Å². The molecule has 1 aliphatic rings. The summed E-state index contributed by atoms with van der Waals surface area (Å²) in [6.07, 6.45) is 0. The summed E-state index contributed by atoms with van der Waals surface area (Å²) in [5, 5.41) is 36.9. The summed E-state index contributed by atoms with van der Waals surface area (Å²) in [4.78, 5) is 52.3. The summed E-state index contributed by atoms with van der Waals surface area (Å²) in [6, 6.07) is 6.51. The van der Waals surface area contributed by atoms with E-state index in [0.717, 1.165) is 5.56 Å². The van der Waals surface area contributed by atoms with Crippen LogP contribution in [0.3, 0.4) is 0 Å². The molecule has 2 rings (SSSR count). The molecule has 12 heteroatoms. The number of rotatable bonds is 9. The molecule has 0 bridgehead atoms. The highest BCUT2D eigenvalue weighted by Gasteiger charge is 2.20. The lowest BCUT2D eigenvalue weighted by Crippen LogP contribution is -2.48. The van der Waals surface area contributed by atoms with Crippen molar-refractivity contribution >= 4 is 23.9 Å². The minimum atomic E-state index is -1.01. The van der Waals surface area contributed by atoms with Crippen LogP contribution in [0, 0.1) is 0 Å². The molecule has 1 saturated heterocycles. The minimum absolute atomic E-state index is 0.173. The van der Waals surface area contributed by atoms with E-state index in [9.17, 15) is 34.5 Å². The van der Waals surface area contributed by atoms with Gasteiger partial charge in [0.25, 0.3) is 0 Å². The molecule has 1 aliphatic heterocycles. The average molecular weight is 481 g/mol. The number of carboxylic acid groups (broad SMARTS) is 4. The normalized spacial score (nSPS) is 18.0. The van der Waals surface area contributed by atoms with Crippen LogP contribution in [0.5, 0.6) is 0 Å². The first-order valence-electron chi connectivity index (χ1n) is 11.0. The van der Waals surface area contributed by atoms with Gasteiger partial charge in [-0.25, -0.2) is 4.79 Å². The Morgan fingerprint density at radius 3 is 1.18 bits per heavy atom. The maximum Gasteiger partial charge on any atom is 0.335 e. The number of hydrogen-bond donors (Lipinski definition) is 4. The SMILES string of the molecule is O=C(O)CN1CCN(CC(=O)O)CCN(Cc2ccc(C(=O)O)cc2)CCN(CC(=O)O)CC1. The van der Waals surface area contributed by atoms with E-state index in [4.69, 9.17) is 5.11 Å². The molecule has 0 unspecified atom stereocenters. The second-order valence-corrected chi connectivity index (χ2v) is 8.29. The van der Waals surface area contributed by atoms with Gasteiger partial charge in [0, 0.05) is 58.9 Å². The fourth-order valence-corrected chi connectivity index (χ4v) is 3.80. The highest BCUT2D eigenvalue weighted by molar-refractivity contribution is 5.87. The quantitative estimate of drug-likeness (QED) is 0.354. The van der Waals surface area contributed by atoms with Crippen LogP contribution in [-0.4, -0.2) is 136 Å². The number of nitrogens with zero attached hydrogens (tertiary/aromatic N) is 4. The molecule has 4 N–H and O–H groups in total. The molecule has 1 fully saturated rings. The highest BCUT2D eigenvalue weighted by Crippen LogP contribution is 2.09. The van der Waals surface area contributed by atoms with Crippen molar-refractivity contribution in [1.82, 2.24) is 19.6 Å². The molecule has 188 valence electrons. The summed E-state index contributed by atoms with van der Waals surface area (Å²) >= 11 is 0. The van der Waals surface area contributed by atoms with Crippen LogP contribution < -0.4 is 0 Å². The van der Waals surface area contributed by atoms with Gasteiger partial charge in [-0.3, -0.25) is 34.0 Å². The topological polar surface area (TPSA) is 162 Å². The molecule has 0 radical (unpaired) electrons. The largest absolute Gasteiger partial charge is 0.480 e. The van der Waals surface area contributed by atoms with Crippen molar-refractivity contribution in [3.05, 3.63) is 35.4 Å². The third kappa shape index (κ3) is 10.3. The minimum Gasteiger partial charge on any atom is -0.480 e. The van der Waals surface area contributed by atoms with E-state index in [0.29, 0.717) is 58.9 Å². The predicted molar refractivity (Wildman–Crippen MR) is 121 cm³/mol.